The van der Waals surface area contributed by atoms with E-state index in [0.29, 0.717) is 6.42 Å². The maximum atomic E-state index is 12.6. The number of phosphoric acid groups is 1. The fourth-order valence-electron chi connectivity index (χ4n) is 7.04. The van der Waals surface area contributed by atoms with Gasteiger partial charge >= 0.3 is 19.8 Å². The molecule has 338 valence electrons. The maximum absolute atomic E-state index is 12.6. The molecule has 0 bridgehead atoms. The summed E-state index contributed by atoms with van der Waals surface area (Å²) in [5.74, 6) is -0.815. The molecule has 2 atom stereocenters. The highest BCUT2D eigenvalue weighted by Gasteiger charge is 2.26. The van der Waals surface area contributed by atoms with Crippen molar-refractivity contribution in [2.75, 3.05) is 26.4 Å². The number of carbonyl (C=O) groups excluding carboxylic acids is 2. The Kier molecular flexibility index (Phi) is 43.3. The molecule has 0 amide bonds. The molecule has 1 unspecified atom stereocenters. The Morgan fingerprint density at radius 1 is 0.509 bits per heavy atom. The van der Waals surface area contributed by atoms with Crippen molar-refractivity contribution in [2.24, 2.45) is 5.73 Å². The minimum Gasteiger partial charge on any atom is -0.462 e. The van der Waals surface area contributed by atoms with Crippen LogP contribution in [0.25, 0.3) is 0 Å². The van der Waals surface area contributed by atoms with E-state index in [1.807, 2.05) is 0 Å². The van der Waals surface area contributed by atoms with Crippen LogP contribution in [0.15, 0.2) is 12.2 Å². The van der Waals surface area contributed by atoms with Gasteiger partial charge in [0.1, 0.15) is 6.61 Å². The van der Waals surface area contributed by atoms with Gasteiger partial charge in [0, 0.05) is 19.4 Å². The van der Waals surface area contributed by atoms with Gasteiger partial charge in [-0.25, -0.2) is 4.57 Å². The topological polar surface area (TPSA) is 134 Å². The second kappa shape index (κ2) is 44.3. The first-order chi connectivity index (χ1) is 27.8. The van der Waals surface area contributed by atoms with Gasteiger partial charge in [0.15, 0.2) is 6.10 Å². The Balaban J connectivity index is 4.04. The molecule has 0 aliphatic carbocycles. The molecule has 0 rings (SSSR count). The highest BCUT2D eigenvalue weighted by Crippen LogP contribution is 2.43. The van der Waals surface area contributed by atoms with Crippen LogP contribution in [-0.2, 0) is 32.7 Å². The Morgan fingerprint density at radius 2 is 0.860 bits per heavy atom. The zero-order valence-electron chi connectivity index (χ0n) is 37.3. The normalized spacial score (nSPS) is 13.3. The highest BCUT2D eigenvalue weighted by molar-refractivity contribution is 7.47. The van der Waals surface area contributed by atoms with E-state index in [1.165, 1.54) is 180 Å². The van der Waals surface area contributed by atoms with Crippen molar-refractivity contribution in [3.8, 4) is 0 Å². The summed E-state index contributed by atoms with van der Waals surface area (Å²) in [5, 5.41) is 0. The Hall–Kier alpha value is -1.25. The first kappa shape index (κ1) is 55.8. The minimum absolute atomic E-state index is 0.0565. The molecule has 0 aliphatic heterocycles. The van der Waals surface area contributed by atoms with Gasteiger partial charge in [0.05, 0.1) is 13.2 Å². The monoisotopic (exact) mass is 830 g/mol. The molecule has 0 aromatic heterocycles. The van der Waals surface area contributed by atoms with Crippen LogP contribution in [0, 0.1) is 0 Å². The fraction of sp³-hybridized carbons (Fsp3) is 0.915. The molecule has 0 spiro atoms. The number of rotatable bonds is 46. The summed E-state index contributed by atoms with van der Waals surface area (Å²) in [7, 11) is -4.37. The number of carbonyl (C=O) groups is 2. The van der Waals surface area contributed by atoms with Crippen molar-refractivity contribution in [2.45, 2.75) is 251 Å². The van der Waals surface area contributed by atoms with Crippen LogP contribution in [-0.4, -0.2) is 49.3 Å². The Morgan fingerprint density at radius 3 is 1.25 bits per heavy atom. The number of phosphoric ester groups is 1. The van der Waals surface area contributed by atoms with Crippen molar-refractivity contribution in [3.63, 3.8) is 0 Å². The van der Waals surface area contributed by atoms with Crippen LogP contribution in [0.4, 0.5) is 0 Å². The molecule has 0 fully saturated rings. The molecule has 0 saturated carbocycles. The van der Waals surface area contributed by atoms with Gasteiger partial charge in [-0.1, -0.05) is 206 Å². The second-order valence-electron chi connectivity index (χ2n) is 16.3. The summed E-state index contributed by atoms with van der Waals surface area (Å²) in [6, 6.07) is 0. The van der Waals surface area contributed by atoms with Crippen LogP contribution < -0.4 is 5.73 Å². The van der Waals surface area contributed by atoms with Crippen LogP contribution in [0.2, 0.25) is 0 Å². The van der Waals surface area contributed by atoms with Gasteiger partial charge in [-0.05, 0) is 38.5 Å². The lowest BCUT2D eigenvalue weighted by molar-refractivity contribution is -0.161. The lowest BCUT2D eigenvalue weighted by Crippen LogP contribution is -2.29. The van der Waals surface area contributed by atoms with E-state index in [4.69, 9.17) is 24.3 Å². The summed E-state index contributed by atoms with van der Waals surface area (Å²) in [6.07, 6.45) is 46.7. The largest absolute Gasteiger partial charge is 0.472 e. The number of nitrogens with two attached hydrogens (primary N) is 1. The van der Waals surface area contributed by atoms with E-state index in [2.05, 4.69) is 26.0 Å². The van der Waals surface area contributed by atoms with Gasteiger partial charge < -0.3 is 20.1 Å². The summed E-state index contributed by atoms with van der Waals surface area (Å²) >= 11 is 0. The molecule has 9 nitrogen and oxygen atoms in total. The molecule has 10 heteroatoms. The summed E-state index contributed by atoms with van der Waals surface area (Å²) < 4.78 is 32.9. The third-order valence-electron chi connectivity index (χ3n) is 10.7. The number of unbranched alkanes of at least 4 members (excludes halogenated alkanes) is 31. The fourth-order valence-corrected chi connectivity index (χ4v) is 7.81. The van der Waals surface area contributed by atoms with Gasteiger partial charge in [-0.15, -0.1) is 0 Å². The Labute approximate surface area is 351 Å². The van der Waals surface area contributed by atoms with Gasteiger partial charge in [0.25, 0.3) is 0 Å². The van der Waals surface area contributed by atoms with Crippen molar-refractivity contribution in [3.05, 3.63) is 12.2 Å². The van der Waals surface area contributed by atoms with Crippen LogP contribution in [0.5, 0.6) is 0 Å². The van der Waals surface area contributed by atoms with E-state index >= 15 is 0 Å². The molecule has 0 radical (unpaired) electrons. The number of esters is 2. The predicted octanol–water partition coefficient (Wildman–Crippen LogP) is 14.2. The van der Waals surface area contributed by atoms with Crippen LogP contribution in [0.1, 0.15) is 245 Å². The standard InChI is InChI=1S/C47H92NO8P/c1-3-5-7-9-11-13-15-17-19-20-21-22-23-24-26-28-30-32-34-36-38-40-47(50)56-45(44-55-57(51,52)54-42-41-48)43-53-46(49)39-37-35-33-31-29-27-25-18-16-14-12-10-8-6-4-2/h17,19,45H,3-16,18,20-44,48H2,1-2H3,(H,51,52)/b19-17+/t45-/m1/s1. The summed E-state index contributed by atoms with van der Waals surface area (Å²) in [5.41, 5.74) is 5.36. The average Bonchev–Trinajstić information content (AvgIpc) is 3.20. The zero-order valence-corrected chi connectivity index (χ0v) is 38.2. The van der Waals surface area contributed by atoms with Crippen LogP contribution >= 0.6 is 7.82 Å². The van der Waals surface area contributed by atoms with Crippen molar-refractivity contribution in [1.82, 2.24) is 0 Å². The molecule has 3 N–H and O–H groups in total. The van der Waals surface area contributed by atoms with Gasteiger partial charge in [-0.2, -0.15) is 0 Å². The predicted molar refractivity (Wildman–Crippen MR) is 238 cm³/mol. The van der Waals surface area contributed by atoms with Gasteiger partial charge in [0.2, 0.25) is 0 Å². The summed E-state index contributed by atoms with van der Waals surface area (Å²) in [4.78, 5) is 35.0. The van der Waals surface area contributed by atoms with Crippen molar-refractivity contribution < 1.29 is 37.6 Å². The van der Waals surface area contributed by atoms with E-state index < -0.39 is 26.5 Å². The average molecular weight is 830 g/mol. The van der Waals surface area contributed by atoms with E-state index in [-0.39, 0.29) is 38.6 Å². The van der Waals surface area contributed by atoms with E-state index in [0.717, 1.165) is 32.1 Å². The number of allylic oxidation sites excluding steroid dienone is 2. The van der Waals surface area contributed by atoms with E-state index in [9.17, 15) is 19.0 Å². The number of hydrogen-bond acceptors (Lipinski definition) is 8. The molecule has 0 aliphatic rings. The van der Waals surface area contributed by atoms with Crippen LogP contribution in [0.3, 0.4) is 0 Å². The molecule has 0 aromatic rings. The molecular weight excluding hydrogens is 737 g/mol. The molecule has 0 heterocycles. The third-order valence-corrected chi connectivity index (χ3v) is 11.6. The molecule has 0 saturated heterocycles. The number of ether oxygens (including phenoxy) is 2. The first-order valence-corrected chi connectivity index (χ1v) is 25.7. The SMILES string of the molecule is CCCCCCCC/C=C/CCCCCCCCCCCCCC(=O)O[C@H](COC(=O)CCCCCCCCCCCCCCCCC)COP(=O)(O)OCCN. The molecule has 57 heavy (non-hydrogen) atoms. The lowest BCUT2D eigenvalue weighted by atomic mass is 10.0. The molecular formula is C47H92NO8P. The van der Waals surface area contributed by atoms with Crippen molar-refractivity contribution in [1.29, 1.82) is 0 Å². The first-order valence-electron chi connectivity index (χ1n) is 24.2. The van der Waals surface area contributed by atoms with Crippen molar-refractivity contribution >= 4 is 19.8 Å². The Bertz CT molecular complexity index is 948. The third kappa shape index (κ3) is 44.1. The quantitative estimate of drug-likeness (QED) is 0.0266. The maximum Gasteiger partial charge on any atom is 0.472 e. The lowest BCUT2D eigenvalue weighted by Gasteiger charge is -2.19. The minimum atomic E-state index is -4.37. The second-order valence-corrected chi connectivity index (χ2v) is 17.8. The van der Waals surface area contributed by atoms with E-state index in [1.54, 1.807) is 0 Å². The summed E-state index contributed by atoms with van der Waals surface area (Å²) in [6.45, 7) is 3.77. The zero-order chi connectivity index (χ0) is 41.8. The van der Waals surface area contributed by atoms with Gasteiger partial charge in [-0.3, -0.25) is 18.6 Å². The number of hydrogen-bond donors (Lipinski definition) is 2. The highest BCUT2D eigenvalue weighted by atomic mass is 31.2. The smallest absolute Gasteiger partial charge is 0.462 e. The molecule has 0 aromatic carbocycles.